The van der Waals surface area contributed by atoms with E-state index in [1.165, 1.54) is 76.1 Å². The normalized spacial score (nSPS) is 12.4. The largest absolute Gasteiger partial charge is 0.0616 e. The molecule has 0 nitrogen and oxygen atoms in total. The molecule has 0 aliphatic heterocycles. The molecule has 7 aromatic rings. The van der Waals surface area contributed by atoms with Crippen molar-refractivity contribution in [3.05, 3.63) is 109 Å². The van der Waals surface area contributed by atoms with E-state index >= 15 is 0 Å². The van der Waals surface area contributed by atoms with Crippen molar-refractivity contribution in [2.24, 2.45) is 0 Å². The lowest BCUT2D eigenvalue weighted by molar-refractivity contribution is 1.73. The fourth-order valence-corrected chi connectivity index (χ4v) is 5.99. The third-order valence-corrected chi connectivity index (χ3v) is 7.37. The van der Waals surface area contributed by atoms with Crippen molar-refractivity contribution in [3.8, 4) is 22.3 Å². The lowest BCUT2D eigenvalue weighted by atomic mass is 9.91. The second kappa shape index (κ2) is 5.75. The molecule has 32 heavy (non-hydrogen) atoms. The summed E-state index contributed by atoms with van der Waals surface area (Å²) in [5.41, 5.74) is 5.47. The number of fused-ring (bicyclic) bond motifs is 11. The Kier molecular flexibility index (Phi) is 2.97. The predicted molar refractivity (Wildman–Crippen MR) is 138 cm³/mol. The van der Waals surface area contributed by atoms with Crippen LogP contribution in [0, 0.1) is 0 Å². The quantitative estimate of drug-likeness (QED) is 0.222. The van der Waals surface area contributed by atoms with E-state index in [1.807, 2.05) is 0 Å². The molecule has 8 rings (SSSR count). The molecule has 0 N–H and O–H groups in total. The third-order valence-electron chi connectivity index (χ3n) is 7.37. The van der Waals surface area contributed by atoms with E-state index in [0.717, 1.165) is 0 Å². The number of hydrogen-bond donors (Lipinski definition) is 0. The fraction of sp³-hybridized carbons (Fsp3) is 0. The Morgan fingerprint density at radius 3 is 1.81 bits per heavy atom. The lowest BCUT2D eigenvalue weighted by Gasteiger charge is -2.12. The monoisotopic (exact) mass is 402 g/mol. The summed E-state index contributed by atoms with van der Waals surface area (Å²) in [6, 6.07) is 40.5. The highest BCUT2D eigenvalue weighted by Crippen LogP contribution is 2.52. The first kappa shape index (κ1) is 16.5. The number of rotatable bonds is 0. The minimum absolute atomic E-state index is 1.30. The van der Waals surface area contributed by atoms with Gasteiger partial charge in [-0.25, -0.2) is 0 Å². The highest BCUT2D eigenvalue weighted by atomic mass is 14.3. The molecule has 0 heterocycles. The topological polar surface area (TPSA) is 0 Å². The molecule has 1 aliphatic rings. The highest BCUT2D eigenvalue weighted by Gasteiger charge is 2.24. The van der Waals surface area contributed by atoms with Crippen LogP contribution in [-0.2, 0) is 0 Å². The van der Waals surface area contributed by atoms with E-state index in [4.69, 9.17) is 0 Å². The Balaban J connectivity index is 1.60. The predicted octanol–water partition coefficient (Wildman–Crippen LogP) is 9.10. The van der Waals surface area contributed by atoms with Crippen LogP contribution in [0.5, 0.6) is 0 Å². The zero-order valence-electron chi connectivity index (χ0n) is 17.4. The number of benzene rings is 7. The maximum absolute atomic E-state index is 2.44. The van der Waals surface area contributed by atoms with Crippen LogP contribution in [0.3, 0.4) is 0 Å². The minimum Gasteiger partial charge on any atom is -0.0616 e. The number of hydrogen-bond acceptors (Lipinski definition) is 0. The molecular formula is C32H18. The van der Waals surface area contributed by atoms with Crippen molar-refractivity contribution in [1.82, 2.24) is 0 Å². The smallest absolute Gasteiger partial charge is 0.00197 e. The van der Waals surface area contributed by atoms with E-state index in [1.54, 1.807) is 0 Å². The summed E-state index contributed by atoms with van der Waals surface area (Å²) in [5, 5.41) is 13.4. The summed E-state index contributed by atoms with van der Waals surface area (Å²) in [7, 11) is 0. The molecule has 1 aliphatic carbocycles. The maximum atomic E-state index is 2.44. The molecular weight excluding hydrogens is 384 g/mol. The van der Waals surface area contributed by atoms with Gasteiger partial charge in [0.2, 0.25) is 0 Å². The van der Waals surface area contributed by atoms with Crippen LogP contribution in [0.15, 0.2) is 109 Å². The first-order chi connectivity index (χ1) is 15.9. The third kappa shape index (κ3) is 1.93. The zero-order chi connectivity index (χ0) is 20.8. The van der Waals surface area contributed by atoms with Crippen LogP contribution in [-0.4, -0.2) is 0 Å². The van der Waals surface area contributed by atoms with Crippen molar-refractivity contribution in [2.45, 2.75) is 0 Å². The van der Waals surface area contributed by atoms with E-state index in [2.05, 4.69) is 109 Å². The Labute approximate surface area is 185 Å². The summed E-state index contributed by atoms with van der Waals surface area (Å²) in [5.74, 6) is 0. The van der Waals surface area contributed by atoms with Gasteiger partial charge >= 0.3 is 0 Å². The van der Waals surface area contributed by atoms with Gasteiger partial charge in [0.15, 0.2) is 0 Å². The molecule has 0 bridgehead atoms. The molecule has 0 aromatic heterocycles. The van der Waals surface area contributed by atoms with Crippen LogP contribution in [0.2, 0.25) is 0 Å². The van der Waals surface area contributed by atoms with Crippen LogP contribution < -0.4 is 0 Å². The summed E-state index contributed by atoms with van der Waals surface area (Å²) >= 11 is 0. The van der Waals surface area contributed by atoms with Crippen LogP contribution in [0.4, 0.5) is 0 Å². The molecule has 0 radical (unpaired) electrons. The van der Waals surface area contributed by atoms with Crippen molar-refractivity contribution in [2.75, 3.05) is 0 Å². The molecule has 0 amide bonds. The Morgan fingerprint density at radius 1 is 0.312 bits per heavy atom. The van der Waals surface area contributed by atoms with Gasteiger partial charge in [0.1, 0.15) is 0 Å². The summed E-state index contributed by atoms with van der Waals surface area (Å²) in [6.07, 6.45) is 0. The van der Waals surface area contributed by atoms with Gasteiger partial charge in [0, 0.05) is 0 Å². The zero-order valence-corrected chi connectivity index (χ0v) is 17.4. The summed E-state index contributed by atoms with van der Waals surface area (Å²) < 4.78 is 0. The van der Waals surface area contributed by atoms with Gasteiger partial charge in [-0.05, 0) is 82.2 Å². The Hall–Kier alpha value is -4.16. The summed E-state index contributed by atoms with van der Waals surface area (Å²) in [4.78, 5) is 0. The molecule has 146 valence electrons. The van der Waals surface area contributed by atoms with Crippen LogP contribution in [0.25, 0.3) is 76.1 Å². The second-order valence-electron chi connectivity index (χ2n) is 8.90. The summed E-state index contributed by atoms with van der Waals surface area (Å²) in [6.45, 7) is 0. The molecule has 0 saturated heterocycles. The first-order valence-electron chi connectivity index (χ1n) is 11.2. The van der Waals surface area contributed by atoms with Crippen molar-refractivity contribution < 1.29 is 0 Å². The Bertz CT molecular complexity index is 1920. The average Bonchev–Trinajstić information content (AvgIpc) is 3.19. The van der Waals surface area contributed by atoms with Crippen LogP contribution in [0.1, 0.15) is 0 Å². The first-order valence-corrected chi connectivity index (χ1v) is 11.2. The second-order valence-corrected chi connectivity index (χ2v) is 8.90. The molecule has 0 saturated carbocycles. The molecule has 0 fully saturated rings. The van der Waals surface area contributed by atoms with Crippen LogP contribution >= 0.6 is 0 Å². The average molecular weight is 402 g/mol. The highest BCUT2D eigenvalue weighted by molar-refractivity contribution is 6.30. The van der Waals surface area contributed by atoms with Crippen molar-refractivity contribution in [1.29, 1.82) is 0 Å². The van der Waals surface area contributed by atoms with Gasteiger partial charge in [0.25, 0.3) is 0 Å². The fourth-order valence-electron chi connectivity index (χ4n) is 5.99. The van der Waals surface area contributed by atoms with Crippen molar-refractivity contribution in [3.63, 3.8) is 0 Å². The van der Waals surface area contributed by atoms with E-state index in [0.29, 0.717) is 0 Å². The molecule has 0 heteroatoms. The van der Waals surface area contributed by atoms with E-state index in [9.17, 15) is 0 Å². The molecule has 0 atom stereocenters. The standard InChI is InChI=1S/C32H18/c1-3-8-21-19(6-1)12-14-24-23(21)16-17-25-26-10-5-11-28-31-22-9-4-2-7-20(22)13-15-27(31)30(32(26)28)18-29(24)25/h1-18H. The molecule has 0 spiro atoms. The SMILES string of the molecule is c1ccc2c3c(ccc2c1)-c1cc2c(ccc4c5ccccc5ccc42)c2cccc-3c12. The molecule has 7 aromatic carbocycles. The van der Waals surface area contributed by atoms with Gasteiger partial charge in [-0.2, -0.15) is 0 Å². The lowest BCUT2D eigenvalue weighted by Crippen LogP contribution is -1.84. The minimum atomic E-state index is 1.30. The molecule has 0 unspecified atom stereocenters. The Morgan fingerprint density at radius 2 is 0.938 bits per heavy atom. The van der Waals surface area contributed by atoms with Gasteiger partial charge in [-0.3, -0.25) is 0 Å². The van der Waals surface area contributed by atoms with Gasteiger partial charge in [-0.15, -0.1) is 0 Å². The van der Waals surface area contributed by atoms with Gasteiger partial charge in [-0.1, -0.05) is 103 Å². The van der Waals surface area contributed by atoms with E-state index < -0.39 is 0 Å². The maximum Gasteiger partial charge on any atom is -0.00197 e. The van der Waals surface area contributed by atoms with Crippen molar-refractivity contribution >= 4 is 53.9 Å². The van der Waals surface area contributed by atoms with Gasteiger partial charge < -0.3 is 0 Å². The van der Waals surface area contributed by atoms with E-state index in [-0.39, 0.29) is 0 Å². The van der Waals surface area contributed by atoms with Gasteiger partial charge in [0.05, 0.1) is 0 Å².